The number of benzene rings is 1. The van der Waals surface area contributed by atoms with Gasteiger partial charge in [0.05, 0.1) is 5.56 Å². The van der Waals surface area contributed by atoms with Gasteiger partial charge in [-0.15, -0.1) is 0 Å². The largest absolute Gasteiger partial charge is 0.504 e. The molecule has 3 N–H and O–H groups in total. The lowest BCUT2D eigenvalue weighted by atomic mass is 10.1. The van der Waals surface area contributed by atoms with Crippen molar-refractivity contribution in [2.75, 3.05) is 12.0 Å². The molecule has 0 heterocycles. The number of carbonyl (C=O) groups excluding carboxylic acids is 1. The number of hydrogen-bond acceptors (Lipinski definition) is 4. The van der Waals surface area contributed by atoms with E-state index in [0.29, 0.717) is 0 Å². The third-order valence-corrected chi connectivity index (χ3v) is 3.04. The average molecular weight is 255 g/mol. The van der Waals surface area contributed by atoms with Crippen LogP contribution in [-0.2, 0) is 0 Å². The number of phenols is 2. The highest BCUT2D eigenvalue weighted by Gasteiger charge is 2.15. The van der Waals surface area contributed by atoms with Crippen molar-refractivity contribution in [1.82, 2.24) is 5.32 Å². The Balaban J connectivity index is 2.67. The van der Waals surface area contributed by atoms with Crippen LogP contribution in [-0.4, -0.2) is 34.2 Å². The van der Waals surface area contributed by atoms with Gasteiger partial charge in [0, 0.05) is 6.04 Å². The first-order valence-electron chi connectivity index (χ1n) is 5.37. The predicted octanol–water partition coefficient (Wildman–Crippen LogP) is 1.97. The Hall–Kier alpha value is -1.36. The molecule has 17 heavy (non-hydrogen) atoms. The fourth-order valence-electron chi connectivity index (χ4n) is 1.38. The zero-order valence-corrected chi connectivity index (χ0v) is 10.8. The third-order valence-electron chi connectivity index (χ3n) is 2.39. The smallest absolute Gasteiger partial charge is 0.255 e. The maximum absolute atomic E-state index is 11.8. The molecule has 0 spiro atoms. The topological polar surface area (TPSA) is 69.6 Å². The minimum atomic E-state index is -0.373. The number of hydrogen-bond donors (Lipinski definition) is 3. The molecule has 5 heteroatoms. The molecule has 0 saturated carbocycles. The minimum Gasteiger partial charge on any atom is -0.504 e. The van der Waals surface area contributed by atoms with Crippen molar-refractivity contribution in [3.8, 4) is 11.5 Å². The van der Waals surface area contributed by atoms with Crippen LogP contribution in [0.15, 0.2) is 18.2 Å². The Morgan fingerprint density at radius 3 is 2.82 bits per heavy atom. The van der Waals surface area contributed by atoms with Gasteiger partial charge in [0.25, 0.3) is 5.91 Å². The molecule has 0 aliphatic rings. The molecule has 1 aromatic rings. The molecular weight excluding hydrogens is 238 g/mol. The van der Waals surface area contributed by atoms with Gasteiger partial charge in [0.15, 0.2) is 11.5 Å². The second-order valence-corrected chi connectivity index (χ2v) is 4.81. The van der Waals surface area contributed by atoms with E-state index >= 15 is 0 Å². The normalized spacial score (nSPS) is 12.1. The van der Waals surface area contributed by atoms with E-state index in [1.807, 2.05) is 13.2 Å². The molecule has 0 radical (unpaired) electrons. The van der Waals surface area contributed by atoms with Crippen LogP contribution in [0.4, 0.5) is 0 Å². The van der Waals surface area contributed by atoms with Crippen molar-refractivity contribution in [2.24, 2.45) is 0 Å². The molecule has 0 saturated heterocycles. The first-order chi connectivity index (χ1) is 8.06. The van der Waals surface area contributed by atoms with Gasteiger partial charge >= 0.3 is 0 Å². The first-order valence-corrected chi connectivity index (χ1v) is 6.76. The number of thioether (sulfide) groups is 1. The average Bonchev–Trinajstić information content (AvgIpc) is 2.29. The van der Waals surface area contributed by atoms with Gasteiger partial charge in [0.2, 0.25) is 0 Å². The number of carbonyl (C=O) groups is 1. The Morgan fingerprint density at radius 1 is 1.47 bits per heavy atom. The van der Waals surface area contributed by atoms with Gasteiger partial charge < -0.3 is 15.5 Å². The Morgan fingerprint density at radius 2 is 2.18 bits per heavy atom. The van der Waals surface area contributed by atoms with Crippen LogP contribution < -0.4 is 5.32 Å². The van der Waals surface area contributed by atoms with E-state index < -0.39 is 0 Å². The summed E-state index contributed by atoms with van der Waals surface area (Å²) in [5.74, 6) is -0.0588. The number of rotatable bonds is 5. The van der Waals surface area contributed by atoms with E-state index in [9.17, 15) is 15.0 Å². The van der Waals surface area contributed by atoms with E-state index in [0.717, 1.165) is 12.2 Å². The predicted molar refractivity (Wildman–Crippen MR) is 69.7 cm³/mol. The van der Waals surface area contributed by atoms with Gasteiger partial charge in [-0.05, 0) is 37.5 Å². The van der Waals surface area contributed by atoms with Crippen LogP contribution >= 0.6 is 11.8 Å². The van der Waals surface area contributed by atoms with Crippen molar-refractivity contribution in [3.63, 3.8) is 0 Å². The zero-order valence-electron chi connectivity index (χ0n) is 9.93. The first kappa shape index (κ1) is 13.7. The summed E-state index contributed by atoms with van der Waals surface area (Å²) in [4.78, 5) is 11.8. The summed E-state index contributed by atoms with van der Waals surface area (Å²) < 4.78 is 0. The summed E-state index contributed by atoms with van der Waals surface area (Å²) in [6.07, 6.45) is 2.88. The maximum atomic E-state index is 11.8. The zero-order chi connectivity index (χ0) is 12.8. The lowest BCUT2D eigenvalue weighted by Crippen LogP contribution is -2.32. The molecular formula is C12H17NO3S. The van der Waals surface area contributed by atoms with E-state index in [4.69, 9.17) is 0 Å². The summed E-state index contributed by atoms with van der Waals surface area (Å²) >= 11 is 1.72. The number of aromatic hydroxyl groups is 2. The van der Waals surface area contributed by atoms with Crippen LogP contribution in [0, 0.1) is 0 Å². The van der Waals surface area contributed by atoms with Crippen LogP contribution in [0.25, 0.3) is 0 Å². The van der Waals surface area contributed by atoms with E-state index in [1.165, 1.54) is 18.2 Å². The standard InChI is InChI=1S/C12H17NO3S/c1-8(6-7-17-2)13-12(16)9-4-3-5-10(14)11(9)15/h3-5,8,14-15H,6-7H2,1-2H3,(H,13,16). The molecule has 1 aromatic carbocycles. The highest BCUT2D eigenvalue weighted by Crippen LogP contribution is 2.28. The second-order valence-electron chi connectivity index (χ2n) is 3.83. The van der Waals surface area contributed by atoms with Crippen molar-refractivity contribution < 1.29 is 15.0 Å². The molecule has 4 nitrogen and oxygen atoms in total. The van der Waals surface area contributed by atoms with Crippen molar-refractivity contribution in [2.45, 2.75) is 19.4 Å². The molecule has 0 aromatic heterocycles. The molecule has 1 amide bonds. The molecule has 1 unspecified atom stereocenters. The lowest BCUT2D eigenvalue weighted by Gasteiger charge is -2.14. The monoisotopic (exact) mass is 255 g/mol. The van der Waals surface area contributed by atoms with Crippen molar-refractivity contribution in [1.29, 1.82) is 0 Å². The minimum absolute atomic E-state index is 0.0386. The van der Waals surface area contributed by atoms with E-state index in [-0.39, 0.29) is 29.0 Å². The highest BCUT2D eigenvalue weighted by molar-refractivity contribution is 7.98. The Bertz CT molecular complexity index is 395. The van der Waals surface area contributed by atoms with Crippen LogP contribution in [0.5, 0.6) is 11.5 Å². The molecule has 0 aliphatic heterocycles. The molecule has 0 fully saturated rings. The Labute approximate surface area is 105 Å². The maximum Gasteiger partial charge on any atom is 0.255 e. The second kappa shape index (κ2) is 6.39. The molecule has 1 rings (SSSR count). The highest BCUT2D eigenvalue weighted by atomic mass is 32.2. The quantitative estimate of drug-likeness (QED) is 0.704. The number of para-hydroxylation sites is 1. The summed E-state index contributed by atoms with van der Waals surface area (Å²) in [6, 6.07) is 4.38. The Kier molecular flexibility index (Phi) is 5.15. The van der Waals surface area contributed by atoms with Gasteiger partial charge in [0.1, 0.15) is 0 Å². The van der Waals surface area contributed by atoms with Crippen LogP contribution in [0.3, 0.4) is 0 Å². The summed E-state index contributed by atoms with van der Waals surface area (Å²) in [6.45, 7) is 1.91. The lowest BCUT2D eigenvalue weighted by molar-refractivity contribution is 0.0936. The van der Waals surface area contributed by atoms with E-state index in [1.54, 1.807) is 11.8 Å². The fraction of sp³-hybridized carbons (Fsp3) is 0.417. The molecule has 0 aliphatic carbocycles. The number of amides is 1. The molecule has 94 valence electrons. The van der Waals surface area contributed by atoms with Crippen LogP contribution in [0.1, 0.15) is 23.7 Å². The van der Waals surface area contributed by atoms with E-state index in [2.05, 4.69) is 5.32 Å². The van der Waals surface area contributed by atoms with Crippen molar-refractivity contribution >= 4 is 17.7 Å². The van der Waals surface area contributed by atoms with Gasteiger partial charge in [-0.25, -0.2) is 0 Å². The molecule has 0 bridgehead atoms. The summed E-state index contributed by atoms with van der Waals surface area (Å²) in [7, 11) is 0. The summed E-state index contributed by atoms with van der Waals surface area (Å²) in [5, 5.41) is 21.6. The SMILES string of the molecule is CSCCC(C)NC(=O)c1cccc(O)c1O. The summed E-state index contributed by atoms with van der Waals surface area (Å²) in [5.41, 5.74) is 0.0981. The van der Waals surface area contributed by atoms with Gasteiger partial charge in [-0.2, -0.15) is 11.8 Å². The van der Waals surface area contributed by atoms with Gasteiger partial charge in [-0.1, -0.05) is 6.07 Å². The van der Waals surface area contributed by atoms with Crippen molar-refractivity contribution in [3.05, 3.63) is 23.8 Å². The number of nitrogens with one attached hydrogen (secondary N) is 1. The third kappa shape index (κ3) is 3.85. The van der Waals surface area contributed by atoms with Crippen LogP contribution in [0.2, 0.25) is 0 Å². The van der Waals surface area contributed by atoms with Gasteiger partial charge in [-0.3, -0.25) is 4.79 Å². The fourth-order valence-corrected chi connectivity index (χ4v) is 1.97. The molecule has 1 atom stereocenters. The number of phenolic OH excluding ortho intramolecular Hbond substituents is 2.